The van der Waals surface area contributed by atoms with Crippen LogP contribution in [0.5, 0.6) is 0 Å². The Balaban J connectivity index is 2.80. The summed E-state index contributed by atoms with van der Waals surface area (Å²) in [5.41, 5.74) is 0.380. The van der Waals surface area contributed by atoms with Crippen LogP contribution in [0.15, 0.2) is 16.7 Å². The lowest BCUT2D eigenvalue weighted by Gasteiger charge is -2.16. The van der Waals surface area contributed by atoms with Crippen LogP contribution in [-0.4, -0.2) is 35.4 Å². The second kappa shape index (κ2) is 4.74. The number of carbonyl (C=O) groups excluding carboxylic acids is 1. The number of hydrogen-bond acceptors (Lipinski definition) is 1. The number of hydrogen-bond donors (Lipinski definition) is 0. The monoisotopic (exact) mass is 280 g/mol. The standard InChI is InChI=1S/C9H11BrF2N2O/c1-13-4-6(10)3-7(13)9(15)14(2)5-8(11)12/h3-4,8H,5H2,1-2H3. The number of halogens is 3. The van der Waals surface area contributed by atoms with Gasteiger partial charge in [-0.2, -0.15) is 0 Å². The first kappa shape index (κ1) is 12.2. The molecule has 0 radical (unpaired) electrons. The van der Waals surface area contributed by atoms with E-state index in [1.165, 1.54) is 7.05 Å². The third kappa shape index (κ3) is 3.02. The minimum absolute atomic E-state index is 0.380. The van der Waals surface area contributed by atoms with Gasteiger partial charge in [-0.1, -0.05) is 0 Å². The fraction of sp³-hybridized carbons (Fsp3) is 0.444. The first-order valence-electron chi connectivity index (χ1n) is 4.27. The maximum atomic E-state index is 12.1. The zero-order chi connectivity index (χ0) is 11.6. The minimum atomic E-state index is -2.51. The Hall–Kier alpha value is -0.910. The topological polar surface area (TPSA) is 25.2 Å². The second-order valence-corrected chi connectivity index (χ2v) is 4.15. The quantitative estimate of drug-likeness (QED) is 0.833. The number of alkyl halides is 2. The van der Waals surface area contributed by atoms with E-state index in [2.05, 4.69) is 15.9 Å². The van der Waals surface area contributed by atoms with Gasteiger partial charge in [0.25, 0.3) is 12.3 Å². The van der Waals surface area contributed by atoms with Crippen LogP contribution in [0.3, 0.4) is 0 Å². The van der Waals surface area contributed by atoms with E-state index in [1.54, 1.807) is 23.9 Å². The van der Waals surface area contributed by atoms with Crippen molar-refractivity contribution < 1.29 is 13.6 Å². The van der Waals surface area contributed by atoms with Gasteiger partial charge in [0.05, 0.1) is 6.54 Å². The summed E-state index contributed by atoms with van der Waals surface area (Å²) in [6.07, 6.45) is -0.814. The highest BCUT2D eigenvalue weighted by atomic mass is 79.9. The number of aryl methyl sites for hydroxylation is 1. The molecule has 0 aromatic carbocycles. The van der Waals surface area contributed by atoms with Crippen molar-refractivity contribution in [1.29, 1.82) is 0 Å². The zero-order valence-electron chi connectivity index (χ0n) is 8.38. The van der Waals surface area contributed by atoms with Crippen molar-refractivity contribution in [3.05, 3.63) is 22.4 Å². The zero-order valence-corrected chi connectivity index (χ0v) is 9.96. The Morgan fingerprint density at radius 1 is 1.67 bits per heavy atom. The van der Waals surface area contributed by atoms with E-state index in [1.807, 2.05) is 0 Å². The van der Waals surface area contributed by atoms with Gasteiger partial charge in [0, 0.05) is 24.8 Å². The van der Waals surface area contributed by atoms with Gasteiger partial charge >= 0.3 is 0 Å². The van der Waals surface area contributed by atoms with Crippen LogP contribution in [0.1, 0.15) is 10.5 Å². The highest BCUT2D eigenvalue weighted by Crippen LogP contribution is 2.15. The van der Waals surface area contributed by atoms with Crippen molar-refractivity contribution in [3.63, 3.8) is 0 Å². The lowest BCUT2D eigenvalue weighted by molar-refractivity contribution is 0.0612. The highest BCUT2D eigenvalue weighted by Gasteiger charge is 2.18. The van der Waals surface area contributed by atoms with Crippen molar-refractivity contribution in [2.75, 3.05) is 13.6 Å². The van der Waals surface area contributed by atoms with Crippen LogP contribution in [0.4, 0.5) is 8.78 Å². The molecule has 15 heavy (non-hydrogen) atoms. The fourth-order valence-electron chi connectivity index (χ4n) is 1.22. The Bertz CT molecular complexity index is 365. The Morgan fingerprint density at radius 3 is 2.67 bits per heavy atom. The molecule has 1 amide bonds. The molecule has 84 valence electrons. The molecule has 0 aliphatic heterocycles. The molecule has 0 bridgehead atoms. The van der Waals surface area contributed by atoms with Crippen molar-refractivity contribution in [2.24, 2.45) is 7.05 Å². The molecule has 0 spiro atoms. The molecule has 1 rings (SSSR count). The van der Waals surface area contributed by atoms with E-state index in [9.17, 15) is 13.6 Å². The second-order valence-electron chi connectivity index (χ2n) is 3.23. The lowest BCUT2D eigenvalue weighted by atomic mass is 10.3. The molecule has 0 unspecified atom stereocenters. The van der Waals surface area contributed by atoms with Crippen molar-refractivity contribution in [3.8, 4) is 0 Å². The van der Waals surface area contributed by atoms with Crippen LogP contribution in [0.2, 0.25) is 0 Å². The molecule has 0 atom stereocenters. The van der Waals surface area contributed by atoms with Crippen LogP contribution >= 0.6 is 15.9 Å². The van der Waals surface area contributed by atoms with Gasteiger partial charge in [-0.3, -0.25) is 4.79 Å². The third-order valence-electron chi connectivity index (χ3n) is 1.95. The van der Waals surface area contributed by atoms with Crippen molar-refractivity contribution in [1.82, 2.24) is 9.47 Å². The maximum absolute atomic E-state index is 12.1. The van der Waals surface area contributed by atoms with Gasteiger partial charge < -0.3 is 9.47 Å². The number of rotatable bonds is 3. The Morgan fingerprint density at radius 2 is 2.27 bits per heavy atom. The van der Waals surface area contributed by atoms with Crippen LogP contribution in [-0.2, 0) is 7.05 Å². The predicted molar refractivity (Wildman–Crippen MR) is 56.1 cm³/mol. The number of aromatic nitrogens is 1. The van der Waals surface area contributed by atoms with E-state index >= 15 is 0 Å². The van der Waals surface area contributed by atoms with Crippen LogP contribution < -0.4 is 0 Å². The molecule has 0 N–H and O–H groups in total. The van der Waals surface area contributed by atoms with Crippen LogP contribution in [0, 0.1) is 0 Å². The molecule has 6 heteroatoms. The van der Waals surface area contributed by atoms with Gasteiger partial charge in [-0.15, -0.1) is 0 Å². The number of nitrogens with zero attached hydrogens (tertiary/aromatic N) is 2. The smallest absolute Gasteiger partial charge is 0.270 e. The molecule has 0 saturated carbocycles. The van der Waals surface area contributed by atoms with Gasteiger partial charge in [0.1, 0.15) is 5.69 Å². The van der Waals surface area contributed by atoms with Crippen molar-refractivity contribution >= 4 is 21.8 Å². The average Bonchev–Trinajstić information content (AvgIpc) is 2.42. The van der Waals surface area contributed by atoms with E-state index < -0.39 is 18.9 Å². The lowest BCUT2D eigenvalue weighted by Crippen LogP contribution is -2.32. The van der Waals surface area contributed by atoms with E-state index in [0.717, 1.165) is 9.37 Å². The molecular weight excluding hydrogens is 270 g/mol. The fourth-order valence-corrected chi connectivity index (χ4v) is 1.75. The molecule has 0 fully saturated rings. The summed E-state index contributed by atoms with van der Waals surface area (Å²) < 4.78 is 26.5. The molecule has 0 aliphatic rings. The minimum Gasteiger partial charge on any atom is -0.345 e. The predicted octanol–water partition coefficient (Wildman–Crippen LogP) is 2.12. The molecule has 0 aliphatic carbocycles. The molecule has 0 saturated heterocycles. The van der Waals surface area contributed by atoms with Gasteiger partial charge in [0.15, 0.2) is 0 Å². The Kier molecular flexibility index (Phi) is 3.84. The summed E-state index contributed by atoms with van der Waals surface area (Å²) in [6.45, 7) is -0.554. The van der Waals surface area contributed by atoms with Crippen LogP contribution in [0.25, 0.3) is 0 Å². The summed E-state index contributed by atoms with van der Waals surface area (Å²) in [4.78, 5) is 12.7. The average molecular weight is 281 g/mol. The first-order valence-corrected chi connectivity index (χ1v) is 5.06. The summed E-state index contributed by atoms with van der Waals surface area (Å²) >= 11 is 3.21. The highest BCUT2D eigenvalue weighted by molar-refractivity contribution is 9.10. The SMILES string of the molecule is CN(CC(F)F)C(=O)c1cc(Br)cn1C. The van der Waals surface area contributed by atoms with E-state index in [0.29, 0.717) is 5.69 Å². The molecular formula is C9H11BrF2N2O. The van der Waals surface area contributed by atoms with Gasteiger partial charge in [-0.25, -0.2) is 8.78 Å². The normalized spacial score (nSPS) is 10.8. The first-order chi connectivity index (χ1) is 6.91. The summed E-state index contributed by atoms with van der Waals surface area (Å²) in [5, 5.41) is 0. The Labute approximate surface area is 94.8 Å². The van der Waals surface area contributed by atoms with Gasteiger partial charge in [0.2, 0.25) is 0 Å². The largest absolute Gasteiger partial charge is 0.345 e. The summed E-state index contributed by atoms with van der Waals surface area (Å²) in [5.74, 6) is -0.413. The third-order valence-corrected chi connectivity index (χ3v) is 2.38. The number of amides is 1. The molecule has 1 aromatic heterocycles. The molecule has 1 heterocycles. The number of carbonyl (C=O) groups is 1. The van der Waals surface area contributed by atoms with E-state index in [-0.39, 0.29) is 0 Å². The van der Waals surface area contributed by atoms with Crippen molar-refractivity contribution in [2.45, 2.75) is 6.43 Å². The molecule has 1 aromatic rings. The summed E-state index contributed by atoms with van der Waals surface area (Å²) in [6, 6.07) is 1.60. The maximum Gasteiger partial charge on any atom is 0.270 e. The van der Waals surface area contributed by atoms with Gasteiger partial charge in [-0.05, 0) is 22.0 Å². The molecule has 3 nitrogen and oxygen atoms in total. The van der Waals surface area contributed by atoms with E-state index in [4.69, 9.17) is 0 Å². The summed E-state index contributed by atoms with van der Waals surface area (Å²) in [7, 11) is 3.05.